The first-order valence-electron chi connectivity index (χ1n) is 13.3. The summed E-state index contributed by atoms with van der Waals surface area (Å²) in [6, 6.07) is 41.8. The third kappa shape index (κ3) is 3.60. The highest BCUT2D eigenvalue weighted by Gasteiger charge is 2.17. The van der Waals surface area contributed by atoms with E-state index in [0.717, 1.165) is 50.1 Å². The quantitative estimate of drug-likeness (QED) is 0.238. The molecular formula is C35H23N5. The van der Waals surface area contributed by atoms with Gasteiger partial charge in [-0.3, -0.25) is 9.55 Å². The van der Waals surface area contributed by atoms with Crippen molar-refractivity contribution in [1.29, 1.82) is 0 Å². The number of pyridine rings is 1. The molecule has 0 spiro atoms. The van der Waals surface area contributed by atoms with Gasteiger partial charge in [0, 0.05) is 40.6 Å². The standard InChI is InChI=1S/C35H23N5/c1-3-8-24(9-4-1)25-13-17-28(18-14-25)34-37-30-12-7-21-36-31(30)35(38-34)40-23-20-27-16-15-26-19-22-39(32(26)33(27)40)29-10-5-2-6-11-29/h1-23H. The normalized spacial score (nSPS) is 11.5. The van der Waals surface area contributed by atoms with E-state index < -0.39 is 0 Å². The van der Waals surface area contributed by atoms with Crippen molar-refractivity contribution in [1.82, 2.24) is 24.1 Å². The van der Waals surface area contributed by atoms with Crippen molar-refractivity contribution in [3.05, 3.63) is 140 Å². The summed E-state index contributed by atoms with van der Waals surface area (Å²) in [4.78, 5) is 14.8. The molecule has 0 bridgehead atoms. The molecule has 4 aromatic heterocycles. The average Bonchev–Trinajstić information content (AvgIpc) is 3.66. The Bertz CT molecular complexity index is 2140. The van der Waals surface area contributed by atoms with Crippen molar-refractivity contribution >= 4 is 32.8 Å². The van der Waals surface area contributed by atoms with Crippen molar-refractivity contribution in [2.45, 2.75) is 0 Å². The van der Waals surface area contributed by atoms with Crippen LogP contribution in [0.25, 0.3) is 66.9 Å². The number of benzene rings is 4. The van der Waals surface area contributed by atoms with Gasteiger partial charge in [0.25, 0.3) is 0 Å². The third-order valence-corrected chi connectivity index (χ3v) is 7.45. The van der Waals surface area contributed by atoms with Crippen molar-refractivity contribution in [2.24, 2.45) is 0 Å². The maximum atomic E-state index is 5.14. The van der Waals surface area contributed by atoms with Gasteiger partial charge in [-0.25, -0.2) is 9.97 Å². The first kappa shape index (κ1) is 22.4. The minimum Gasteiger partial charge on any atom is -0.315 e. The van der Waals surface area contributed by atoms with Gasteiger partial charge >= 0.3 is 0 Å². The van der Waals surface area contributed by atoms with Crippen LogP contribution in [0, 0.1) is 0 Å². The fraction of sp³-hybridized carbons (Fsp3) is 0. The van der Waals surface area contributed by atoms with Crippen LogP contribution in [0.2, 0.25) is 0 Å². The summed E-state index contributed by atoms with van der Waals surface area (Å²) in [7, 11) is 0. The molecule has 0 aliphatic heterocycles. The predicted octanol–water partition coefficient (Wildman–Crippen LogP) is 8.25. The fourth-order valence-corrected chi connectivity index (χ4v) is 5.52. The highest BCUT2D eigenvalue weighted by atomic mass is 15.1. The second-order valence-electron chi connectivity index (χ2n) is 9.83. The van der Waals surface area contributed by atoms with Crippen molar-refractivity contribution in [3.8, 4) is 34.0 Å². The van der Waals surface area contributed by atoms with Gasteiger partial charge in [0.05, 0.1) is 16.6 Å². The first-order valence-corrected chi connectivity index (χ1v) is 13.3. The highest BCUT2D eigenvalue weighted by molar-refractivity contribution is 6.06. The van der Waals surface area contributed by atoms with Gasteiger partial charge < -0.3 is 4.57 Å². The lowest BCUT2D eigenvalue weighted by molar-refractivity contribution is 1.03. The van der Waals surface area contributed by atoms with Crippen LogP contribution >= 0.6 is 0 Å². The lowest BCUT2D eigenvalue weighted by Gasteiger charge is -2.13. The third-order valence-electron chi connectivity index (χ3n) is 7.45. The number of nitrogens with zero attached hydrogens (tertiary/aromatic N) is 5. The Morgan fingerprint density at radius 3 is 1.85 bits per heavy atom. The summed E-state index contributed by atoms with van der Waals surface area (Å²) in [6.07, 6.45) is 6.02. The van der Waals surface area contributed by atoms with E-state index in [2.05, 4.69) is 119 Å². The molecule has 8 rings (SSSR count). The van der Waals surface area contributed by atoms with Crippen molar-refractivity contribution in [3.63, 3.8) is 0 Å². The molecule has 5 heteroatoms. The highest BCUT2D eigenvalue weighted by Crippen LogP contribution is 2.33. The smallest absolute Gasteiger partial charge is 0.167 e. The van der Waals surface area contributed by atoms with Crippen LogP contribution in [0.5, 0.6) is 0 Å². The molecule has 0 aliphatic carbocycles. The molecule has 4 heterocycles. The van der Waals surface area contributed by atoms with E-state index in [4.69, 9.17) is 15.0 Å². The van der Waals surface area contributed by atoms with Gasteiger partial charge in [-0.05, 0) is 47.5 Å². The summed E-state index contributed by atoms with van der Waals surface area (Å²) in [5.74, 6) is 1.43. The molecule has 5 nitrogen and oxygen atoms in total. The lowest BCUT2D eigenvalue weighted by atomic mass is 10.0. The Morgan fingerprint density at radius 1 is 0.475 bits per heavy atom. The monoisotopic (exact) mass is 513 g/mol. The van der Waals surface area contributed by atoms with Crippen LogP contribution in [0.1, 0.15) is 0 Å². The zero-order chi connectivity index (χ0) is 26.5. The first-order chi connectivity index (χ1) is 19.8. The van der Waals surface area contributed by atoms with E-state index in [1.807, 2.05) is 24.3 Å². The van der Waals surface area contributed by atoms with E-state index in [0.29, 0.717) is 5.82 Å². The van der Waals surface area contributed by atoms with Gasteiger partial charge in [0.2, 0.25) is 0 Å². The van der Waals surface area contributed by atoms with E-state index >= 15 is 0 Å². The lowest BCUT2D eigenvalue weighted by Crippen LogP contribution is -2.04. The molecule has 0 saturated heterocycles. The average molecular weight is 514 g/mol. The van der Waals surface area contributed by atoms with Gasteiger partial charge in [0.1, 0.15) is 5.52 Å². The zero-order valence-corrected chi connectivity index (χ0v) is 21.5. The van der Waals surface area contributed by atoms with Crippen molar-refractivity contribution < 1.29 is 0 Å². The molecule has 0 aliphatic rings. The Hall–Kier alpha value is -5.55. The van der Waals surface area contributed by atoms with Crippen LogP contribution in [0.4, 0.5) is 0 Å². The fourth-order valence-electron chi connectivity index (χ4n) is 5.52. The number of hydrogen-bond donors (Lipinski definition) is 0. The molecule has 0 amide bonds. The topological polar surface area (TPSA) is 48.5 Å². The second kappa shape index (κ2) is 9.03. The Morgan fingerprint density at radius 2 is 1.10 bits per heavy atom. The van der Waals surface area contributed by atoms with Crippen LogP contribution in [0.15, 0.2) is 140 Å². The van der Waals surface area contributed by atoms with Crippen LogP contribution < -0.4 is 0 Å². The molecule has 0 radical (unpaired) electrons. The van der Waals surface area contributed by atoms with Crippen LogP contribution in [-0.4, -0.2) is 24.1 Å². The Labute approximate surface area is 230 Å². The zero-order valence-electron chi connectivity index (χ0n) is 21.5. The van der Waals surface area contributed by atoms with E-state index in [-0.39, 0.29) is 0 Å². The largest absolute Gasteiger partial charge is 0.315 e. The van der Waals surface area contributed by atoms with E-state index in [1.165, 1.54) is 10.9 Å². The number of fused-ring (bicyclic) bond motifs is 4. The molecule has 0 N–H and O–H groups in total. The Balaban J connectivity index is 1.35. The van der Waals surface area contributed by atoms with Crippen LogP contribution in [-0.2, 0) is 0 Å². The molecule has 0 fully saturated rings. The molecular weight excluding hydrogens is 490 g/mol. The molecule has 8 aromatic rings. The SMILES string of the molecule is c1ccc(-c2ccc(-c3nc(-n4ccc5ccc6ccn(-c7ccccc7)c6c54)c4ncccc4n3)cc2)cc1. The molecule has 0 atom stereocenters. The van der Waals surface area contributed by atoms with E-state index in [1.54, 1.807) is 6.20 Å². The Kier molecular flexibility index (Phi) is 5.07. The molecule has 4 aromatic carbocycles. The molecule has 0 unspecified atom stereocenters. The van der Waals surface area contributed by atoms with Gasteiger partial charge in [-0.15, -0.1) is 0 Å². The van der Waals surface area contributed by atoms with E-state index in [9.17, 15) is 0 Å². The second-order valence-corrected chi connectivity index (χ2v) is 9.83. The minimum atomic E-state index is 0.669. The van der Waals surface area contributed by atoms with Gasteiger partial charge in [-0.2, -0.15) is 0 Å². The number of rotatable bonds is 4. The molecule has 0 saturated carbocycles. The van der Waals surface area contributed by atoms with Gasteiger partial charge in [-0.1, -0.05) is 84.9 Å². The molecule has 40 heavy (non-hydrogen) atoms. The minimum absolute atomic E-state index is 0.669. The maximum absolute atomic E-state index is 5.14. The summed E-state index contributed by atoms with van der Waals surface area (Å²) in [5.41, 5.74) is 8.20. The summed E-state index contributed by atoms with van der Waals surface area (Å²) in [6.45, 7) is 0. The molecule has 188 valence electrons. The van der Waals surface area contributed by atoms with Gasteiger partial charge in [0.15, 0.2) is 11.6 Å². The summed E-state index contributed by atoms with van der Waals surface area (Å²) >= 11 is 0. The number of para-hydroxylation sites is 1. The number of hydrogen-bond acceptors (Lipinski definition) is 3. The summed E-state index contributed by atoms with van der Waals surface area (Å²) < 4.78 is 4.41. The predicted molar refractivity (Wildman–Crippen MR) is 162 cm³/mol. The number of aromatic nitrogens is 5. The maximum Gasteiger partial charge on any atom is 0.167 e. The van der Waals surface area contributed by atoms with Crippen LogP contribution in [0.3, 0.4) is 0 Å². The summed E-state index contributed by atoms with van der Waals surface area (Å²) in [5, 5.41) is 2.30. The van der Waals surface area contributed by atoms with Crippen molar-refractivity contribution in [2.75, 3.05) is 0 Å².